The Morgan fingerprint density at radius 1 is 1.38 bits per heavy atom. The number of aromatic nitrogens is 3. The third kappa shape index (κ3) is 5.11. The fourth-order valence-corrected chi connectivity index (χ4v) is 3.26. The molecule has 0 saturated carbocycles. The first-order valence-electron chi connectivity index (χ1n) is 8.52. The lowest BCUT2D eigenvalue weighted by atomic mass is 10.1. The maximum atomic E-state index is 11.6. The van der Waals surface area contributed by atoms with Gasteiger partial charge in [-0.2, -0.15) is 0 Å². The van der Waals surface area contributed by atoms with Gasteiger partial charge < -0.3 is 9.47 Å². The van der Waals surface area contributed by atoms with Gasteiger partial charge in [0.1, 0.15) is 5.75 Å². The Hall–Kier alpha value is -2.28. The predicted molar refractivity (Wildman–Crippen MR) is 103 cm³/mol. The molecule has 0 N–H and O–H groups in total. The van der Waals surface area contributed by atoms with Crippen LogP contribution in [0.1, 0.15) is 36.9 Å². The molecule has 1 heterocycles. The SMILES string of the molecule is C=CCn1c(SCC(=O)OCC)nnc1C(C)Oc1ccc(C)cc1C. The third-order valence-corrected chi connectivity index (χ3v) is 4.62. The Morgan fingerprint density at radius 3 is 2.81 bits per heavy atom. The summed E-state index contributed by atoms with van der Waals surface area (Å²) in [4.78, 5) is 11.6. The van der Waals surface area contributed by atoms with Gasteiger partial charge in [-0.25, -0.2) is 0 Å². The summed E-state index contributed by atoms with van der Waals surface area (Å²) >= 11 is 1.30. The number of hydrogen-bond acceptors (Lipinski definition) is 6. The lowest BCUT2D eigenvalue weighted by Crippen LogP contribution is -2.13. The zero-order valence-electron chi connectivity index (χ0n) is 15.7. The Balaban J connectivity index is 2.16. The van der Waals surface area contributed by atoms with E-state index in [1.807, 2.05) is 37.5 Å². The number of carbonyl (C=O) groups is 1. The lowest BCUT2D eigenvalue weighted by molar-refractivity contribution is -0.139. The maximum absolute atomic E-state index is 11.6. The number of carbonyl (C=O) groups excluding carboxylic acids is 1. The van der Waals surface area contributed by atoms with Crippen LogP contribution in [0.4, 0.5) is 0 Å². The first kappa shape index (κ1) is 20.0. The predicted octanol–water partition coefficient (Wildman–Crippen LogP) is 3.88. The molecule has 140 valence electrons. The van der Waals surface area contributed by atoms with E-state index in [4.69, 9.17) is 9.47 Å². The third-order valence-electron chi connectivity index (χ3n) is 3.68. The second kappa shape index (κ2) is 9.43. The molecule has 0 radical (unpaired) electrons. The highest BCUT2D eigenvalue weighted by molar-refractivity contribution is 7.99. The van der Waals surface area contributed by atoms with E-state index in [2.05, 4.69) is 22.8 Å². The van der Waals surface area contributed by atoms with Crippen molar-refractivity contribution in [2.75, 3.05) is 12.4 Å². The van der Waals surface area contributed by atoms with Gasteiger partial charge in [-0.15, -0.1) is 16.8 Å². The highest BCUT2D eigenvalue weighted by Gasteiger charge is 2.20. The minimum Gasteiger partial charge on any atom is -0.482 e. The van der Waals surface area contributed by atoms with Crippen molar-refractivity contribution in [1.29, 1.82) is 0 Å². The molecule has 1 atom stereocenters. The fourth-order valence-electron chi connectivity index (χ4n) is 2.51. The van der Waals surface area contributed by atoms with Gasteiger partial charge in [0.15, 0.2) is 17.1 Å². The van der Waals surface area contributed by atoms with E-state index >= 15 is 0 Å². The van der Waals surface area contributed by atoms with Crippen LogP contribution in [-0.4, -0.2) is 33.1 Å². The van der Waals surface area contributed by atoms with Crippen molar-refractivity contribution in [1.82, 2.24) is 14.8 Å². The monoisotopic (exact) mass is 375 g/mol. The van der Waals surface area contributed by atoms with Crippen LogP contribution >= 0.6 is 11.8 Å². The van der Waals surface area contributed by atoms with Gasteiger partial charge in [0, 0.05) is 6.54 Å². The van der Waals surface area contributed by atoms with Crippen LogP contribution in [-0.2, 0) is 16.1 Å². The molecule has 2 aromatic rings. The van der Waals surface area contributed by atoms with Crippen molar-refractivity contribution in [2.24, 2.45) is 0 Å². The molecule has 0 saturated heterocycles. The summed E-state index contributed by atoms with van der Waals surface area (Å²) in [6.45, 7) is 12.5. The van der Waals surface area contributed by atoms with Crippen LogP contribution in [0.5, 0.6) is 5.75 Å². The van der Waals surface area contributed by atoms with E-state index in [0.717, 1.165) is 11.3 Å². The molecule has 0 amide bonds. The van der Waals surface area contributed by atoms with Crippen molar-refractivity contribution in [3.8, 4) is 5.75 Å². The highest BCUT2D eigenvalue weighted by atomic mass is 32.2. The number of aryl methyl sites for hydroxylation is 2. The summed E-state index contributed by atoms with van der Waals surface area (Å²) in [5.41, 5.74) is 2.26. The second-order valence-corrected chi connectivity index (χ2v) is 6.81. The first-order valence-corrected chi connectivity index (χ1v) is 9.51. The Labute approximate surface area is 158 Å². The number of nitrogens with zero attached hydrogens (tertiary/aromatic N) is 3. The Kier molecular flexibility index (Phi) is 7.26. The molecule has 1 unspecified atom stereocenters. The fraction of sp³-hybridized carbons (Fsp3) is 0.421. The van der Waals surface area contributed by atoms with Crippen LogP contribution in [0, 0.1) is 13.8 Å². The van der Waals surface area contributed by atoms with Crippen LogP contribution in [0.25, 0.3) is 0 Å². The molecule has 1 aromatic carbocycles. The molecule has 7 heteroatoms. The molecule has 2 rings (SSSR count). The van der Waals surface area contributed by atoms with Gasteiger partial charge in [-0.1, -0.05) is 35.5 Å². The number of benzene rings is 1. The normalized spacial score (nSPS) is 11.8. The number of thioether (sulfide) groups is 1. The topological polar surface area (TPSA) is 66.2 Å². The maximum Gasteiger partial charge on any atom is 0.316 e. The summed E-state index contributed by atoms with van der Waals surface area (Å²) in [5.74, 6) is 1.43. The van der Waals surface area contributed by atoms with E-state index in [1.165, 1.54) is 17.3 Å². The molecule has 0 spiro atoms. The molecule has 26 heavy (non-hydrogen) atoms. The lowest BCUT2D eigenvalue weighted by Gasteiger charge is -2.17. The van der Waals surface area contributed by atoms with Crippen LogP contribution in [0.3, 0.4) is 0 Å². The molecule has 6 nitrogen and oxygen atoms in total. The number of allylic oxidation sites excluding steroid dienone is 1. The number of hydrogen-bond donors (Lipinski definition) is 0. The number of esters is 1. The number of ether oxygens (including phenoxy) is 2. The summed E-state index contributed by atoms with van der Waals surface area (Å²) in [7, 11) is 0. The van der Waals surface area contributed by atoms with Crippen molar-refractivity contribution in [3.63, 3.8) is 0 Å². The van der Waals surface area contributed by atoms with E-state index in [9.17, 15) is 4.79 Å². The van der Waals surface area contributed by atoms with Crippen molar-refractivity contribution < 1.29 is 14.3 Å². The van der Waals surface area contributed by atoms with Crippen molar-refractivity contribution in [3.05, 3.63) is 47.8 Å². The molecule has 1 aromatic heterocycles. The zero-order valence-corrected chi connectivity index (χ0v) is 16.5. The zero-order chi connectivity index (χ0) is 19.1. The average molecular weight is 375 g/mol. The molecule has 0 fully saturated rings. The van der Waals surface area contributed by atoms with E-state index in [-0.39, 0.29) is 17.8 Å². The average Bonchev–Trinajstić information content (AvgIpc) is 2.99. The highest BCUT2D eigenvalue weighted by Crippen LogP contribution is 2.27. The van der Waals surface area contributed by atoms with E-state index < -0.39 is 0 Å². The van der Waals surface area contributed by atoms with Crippen molar-refractivity contribution in [2.45, 2.75) is 45.5 Å². The van der Waals surface area contributed by atoms with Crippen molar-refractivity contribution >= 4 is 17.7 Å². The standard InChI is InChI=1S/C19H25N3O3S/c1-6-10-22-18(20-21-19(22)26-12-17(23)24-7-2)15(5)25-16-9-8-13(3)11-14(16)4/h6,8-9,11,15H,1,7,10,12H2,2-5H3. The Morgan fingerprint density at radius 2 is 2.15 bits per heavy atom. The van der Waals surface area contributed by atoms with Gasteiger partial charge in [0.05, 0.1) is 12.4 Å². The molecular weight excluding hydrogens is 350 g/mol. The Bertz CT molecular complexity index is 773. The molecular formula is C19H25N3O3S. The second-order valence-electron chi connectivity index (χ2n) is 5.86. The smallest absolute Gasteiger partial charge is 0.316 e. The van der Waals surface area contributed by atoms with Crippen LogP contribution in [0.15, 0.2) is 36.0 Å². The van der Waals surface area contributed by atoms with E-state index in [1.54, 1.807) is 13.0 Å². The van der Waals surface area contributed by atoms with Gasteiger partial charge >= 0.3 is 5.97 Å². The summed E-state index contributed by atoms with van der Waals surface area (Å²) in [6, 6.07) is 6.06. The van der Waals surface area contributed by atoms with Gasteiger partial charge in [0.2, 0.25) is 0 Å². The molecule has 0 bridgehead atoms. The quantitative estimate of drug-likeness (QED) is 0.376. The van der Waals surface area contributed by atoms with Gasteiger partial charge in [-0.05, 0) is 39.3 Å². The largest absolute Gasteiger partial charge is 0.482 e. The molecule has 0 aliphatic heterocycles. The summed E-state index contributed by atoms with van der Waals surface area (Å²) in [6.07, 6.45) is 1.48. The van der Waals surface area contributed by atoms with Gasteiger partial charge in [-0.3, -0.25) is 9.36 Å². The first-order chi connectivity index (χ1) is 12.5. The van der Waals surface area contributed by atoms with Gasteiger partial charge in [0.25, 0.3) is 0 Å². The summed E-state index contributed by atoms with van der Waals surface area (Å²) in [5, 5.41) is 9.12. The summed E-state index contributed by atoms with van der Waals surface area (Å²) < 4.78 is 13.0. The van der Waals surface area contributed by atoms with Crippen LogP contribution < -0.4 is 4.74 Å². The minimum atomic E-state index is -0.291. The minimum absolute atomic E-state index is 0.190. The number of rotatable bonds is 9. The van der Waals surface area contributed by atoms with E-state index in [0.29, 0.717) is 24.1 Å². The molecule has 0 aliphatic carbocycles. The van der Waals surface area contributed by atoms with Crippen LogP contribution in [0.2, 0.25) is 0 Å². The molecule has 0 aliphatic rings.